The highest BCUT2D eigenvalue weighted by atomic mass is 16.4. The molecule has 1 N–H and O–H groups in total. The molecular weight excluding hydrogens is 474 g/mol. The SMILES string of the molecule is O=C([O-])c1ccc(N2CC3CC(C2)c2cccc(=O)n2C3)c(NC(=O)c2cc3ccccc3oc2=O)c1. The molecule has 2 bridgehead atoms. The number of pyridine rings is 1. The van der Waals surface area contributed by atoms with Crippen molar-refractivity contribution in [3.63, 3.8) is 0 Å². The number of benzene rings is 2. The molecule has 2 unspecified atom stereocenters. The Morgan fingerprint density at radius 2 is 1.78 bits per heavy atom. The monoisotopic (exact) mass is 496 g/mol. The molecule has 0 spiro atoms. The van der Waals surface area contributed by atoms with Gasteiger partial charge < -0.3 is 29.1 Å². The van der Waals surface area contributed by atoms with Crippen LogP contribution in [0.2, 0.25) is 0 Å². The Bertz CT molecular complexity index is 1690. The second-order valence-electron chi connectivity index (χ2n) is 9.56. The first kappa shape index (κ1) is 22.8. The predicted molar refractivity (Wildman–Crippen MR) is 135 cm³/mol. The summed E-state index contributed by atoms with van der Waals surface area (Å²) in [6, 6.07) is 18.0. The van der Waals surface area contributed by atoms with Crippen LogP contribution >= 0.6 is 0 Å². The lowest BCUT2D eigenvalue weighted by atomic mass is 9.83. The Hall–Kier alpha value is -4.66. The van der Waals surface area contributed by atoms with Crippen molar-refractivity contribution in [2.45, 2.75) is 18.9 Å². The second kappa shape index (κ2) is 8.77. The first-order valence-electron chi connectivity index (χ1n) is 12.0. The van der Waals surface area contributed by atoms with Gasteiger partial charge in [-0.1, -0.05) is 30.3 Å². The van der Waals surface area contributed by atoms with E-state index in [0.717, 1.165) is 12.1 Å². The molecule has 37 heavy (non-hydrogen) atoms. The van der Waals surface area contributed by atoms with Crippen LogP contribution in [0.25, 0.3) is 11.0 Å². The largest absolute Gasteiger partial charge is 0.545 e. The number of para-hydroxylation sites is 1. The Morgan fingerprint density at radius 3 is 2.62 bits per heavy atom. The fraction of sp³-hybridized carbons (Fsp3) is 0.214. The average Bonchev–Trinajstić information content (AvgIpc) is 2.88. The molecule has 2 aliphatic heterocycles. The number of aromatic carboxylic acids is 1. The molecule has 6 rings (SSSR count). The van der Waals surface area contributed by atoms with Gasteiger partial charge in [-0.3, -0.25) is 9.59 Å². The predicted octanol–water partition coefficient (Wildman–Crippen LogP) is 2.19. The number of fused-ring (bicyclic) bond motifs is 5. The number of anilines is 2. The maximum Gasteiger partial charge on any atom is 0.349 e. The van der Waals surface area contributed by atoms with Gasteiger partial charge in [0.2, 0.25) is 0 Å². The minimum atomic E-state index is -1.38. The van der Waals surface area contributed by atoms with Gasteiger partial charge in [0.15, 0.2) is 0 Å². The first-order valence-corrected chi connectivity index (χ1v) is 12.0. The summed E-state index contributed by atoms with van der Waals surface area (Å²) >= 11 is 0. The second-order valence-corrected chi connectivity index (χ2v) is 9.56. The normalized spacial score (nSPS) is 18.3. The van der Waals surface area contributed by atoms with E-state index in [2.05, 4.69) is 10.2 Å². The Kier molecular flexibility index (Phi) is 5.40. The van der Waals surface area contributed by atoms with Gasteiger partial charge in [-0.15, -0.1) is 0 Å². The lowest BCUT2D eigenvalue weighted by Crippen LogP contribution is -2.47. The van der Waals surface area contributed by atoms with Crippen molar-refractivity contribution in [1.29, 1.82) is 0 Å². The third kappa shape index (κ3) is 4.08. The van der Waals surface area contributed by atoms with E-state index in [1.807, 2.05) is 10.6 Å². The number of amides is 1. The molecule has 0 saturated carbocycles. The Labute approximate surface area is 210 Å². The summed E-state index contributed by atoms with van der Waals surface area (Å²) in [6.07, 6.45) is 0.941. The molecule has 2 atom stereocenters. The first-order chi connectivity index (χ1) is 17.9. The van der Waals surface area contributed by atoms with Crippen LogP contribution in [0.5, 0.6) is 0 Å². The summed E-state index contributed by atoms with van der Waals surface area (Å²) in [5, 5.41) is 14.9. The van der Waals surface area contributed by atoms with Crippen LogP contribution < -0.4 is 26.5 Å². The van der Waals surface area contributed by atoms with Crippen LogP contribution in [0.3, 0.4) is 0 Å². The molecule has 2 aromatic heterocycles. The van der Waals surface area contributed by atoms with Gasteiger partial charge in [-0.25, -0.2) is 4.79 Å². The highest BCUT2D eigenvalue weighted by molar-refractivity contribution is 6.07. The minimum Gasteiger partial charge on any atom is -0.545 e. The van der Waals surface area contributed by atoms with Gasteiger partial charge in [-0.05, 0) is 48.2 Å². The van der Waals surface area contributed by atoms with E-state index < -0.39 is 17.5 Å². The average molecular weight is 496 g/mol. The number of hydrogen-bond donors (Lipinski definition) is 1. The van der Waals surface area contributed by atoms with Gasteiger partial charge in [0.25, 0.3) is 11.5 Å². The minimum absolute atomic E-state index is 0.0128. The number of carbonyl (C=O) groups excluding carboxylic acids is 2. The molecule has 1 saturated heterocycles. The van der Waals surface area contributed by atoms with E-state index in [-0.39, 0.29) is 34.2 Å². The third-order valence-corrected chi connectivity index (χ3v) is 7.19. The van der Waals surface area contributed by atoms with E-state index in [9.17, 15) is 24.3 Å². The van der Waals surface area contributed by atoms with Crippen molar-refractivity contribution < 1.29 is 19.1 Å². The number of aromatic nitrogens is 1. The van der Waals surface area contributed by atoms with Crippen LogP contribution in [-0.4, -0.2) is 29.5 Å². The van der Waals surface area contributed by atoms with Crippen molar-refractivity contribution in [3.8, 4) is 0 Å². The van der Waals surface area contributed by atoms with E-state index in [1.54, 1.807) is 42.5 Å². The number of nitrogens with zero attached hydrogens (tertiary/aromatic N) is 2. The quantitative estimate of drug-likeness (QED) is 0.430. The molecule has 4 heterocycles. The molecule has 1 fully saturated rings. The summed E-state index contributed by atoms with van der Waals surface area (Å²) in [5.41, 5.74) is 1.13. The molecule has 9 nitrogen and oxygen atoms in total. The smallest absolute Gasteiger partial charge is 0.349 e. The van der Waals surface area contributed by atoms with Crippen LogP contribution in [0.1, 0.15) is 38.7 Å². The van der Waals surface area contributed by atoms with E-state index in [0.29, 0.717) is 36.3 Å². The molecule has 4 aromatic rings. The molecule has 9 heteroatoms. The van der Waals surface area contributed by atoms with Gasteiger partial charge in [-0.2, -0.15) is 0 Å². The highest BCUT2D eigenvalue weighted by Gasteiger charge is 2.35. The Morgan fingerprint density at radius 1 is 0.946 bits per heavy atom. The summed E-state index contributed by atoms with van der Waals surface area (Å²) in [5.74, 6) is -1.76. The van der Waals surface area contributed by atoms with E-state index in [4.69, 9.17) is 4.42 Å². The van der Waals surface area contributed by atoms with E-state index in [1.165, 1.54) is 18.2 Å². The zero-order valence-corrected chi connectivity index (χ0v) is 19.7. The van der Waals surface area contributed by atoms with Crippen molar-refractivity contribution in [2.75, 3.05) is 23.3 Å². The lowest BCUT2D eigenvalue weighted by Gasteiger charge is -2.44. The van der Waals surface area contributed by atoms with Crippen molar-refractivity contribution >= 4 is 34.2 Å². The van der Waals surface area contributed by atoms with Gasteiger partial charge in [0.05, 0.1) is 17.3 Å². The fourth-order valence-corrected chi connectivity index (χ4v) is 5.54. The summed E-state index contributed by atoms with van der Waals surface area (Å²) < 4.78 is 7.13. The molecule has 0 radical (unpaired) electrons. The molecule has 2 aromatic carbocycles. The number of carbonyl (C=O) groups is 2. The molecule has 2 aliphatic rings. The molecule has 186 valence electrons. The number of rotatable bonds is 4. The van der Waals surface area contributed by atoms with Crippen molar-refractivity contribution in [1.82, 2.24) is 4.57 Å². The van der Waals surface area contributed by atoms with Gasteiger partial charge in [0.1, 0.15) is 11.1 Å². The highest BCUT2D eigenvalue weighted by Crippen LogP contribution is 2.39. The zero-order valence-electron chi connectivity index (χ0n) is 19.7. The molecular formula is C28H22N3O6-. The van der Waals surface area contributed by atoms with Gasteiger partial charge in [0, 0.05) is 42.7 Å². The number of carboxylic acid groups (broad SMARTS) is 1. The number of carboxylic acids is 1. The maximum atomic E-state index is 13.2. The van der Waals surface area contributed by atoms with E-state index >= 15 is 0 Å². The van der Waals surface area contributed by atoms with Crippen LogP contribution in [-0.2, 0) is 6.54 Å². The number of piperidine rings is 1. The fourth-order valence-electron chi connectivity index (χ4n) is 5.54. The number of nitrogens with one attached hydrogen (secondary N) is 1. The molecule has 1 amide bonds. The number of hydrogen-bond acceptors (Lipinski definition) is 7. The standard InChI is InChI=1S/C28H23N3O6/c32-25-7-3-5-22-19-10-16(14-31(22)25)13-30(15-19)23-9-8-18(27(34)35)12-21(23)29-26(33)20-11-17-4-1-2-6-24(17)37-28(20)36/h1-9,11-12,16,19H,10,13-15H2,(H,29,33)(H,34,35)/p-1. The topological polar surface area (TPSA) is 125 Å². The van der Waals surface area contributed by atoms with Crippen LogP contribution in [0.15, 0.2) is 80.7 Å². The van der Waals surface area contributed by atoms with Crippen LogP contribution in [0, 0.1) is 5.92 Å². The summed E-state index contributed by atoms with van der Waals surface area (Å²) in [4.78, 5) is 51.8. The zero-order chi connectivity index (χ0) is 25.7. The maximum absolute atomic E-state index is 13.2. The lowest BCUT2D eigenvalue weighted by molar-refractivity contribution is -0.255. The van der Waals surface area contributed by atoms with Crippen LogP contribution in [0.4, 0.5) is 11.4 Å². The third-order valence-electron chi connectivity index (χ3n) is 7.19. The summed E-state index contributed by atoms with van der Waals surface area (Å²) in [6.45, 7) is 1.81. The molecule has 0 aliphatic carbocycles. The van der Waals surface area contributed by atoms with Crippen molar-refractivity contribution in [3.05, 3.63) is 104 Å². The van der Waals surface area contributed by atoms with Gasteiger partial charge >= 0.3 is 5.63 Å². The van der Waals surface area contributed by atoms with Crippen molar-refractivity contribution in [2.24, 2.45) is 5.92 Å². The summed E-state index contributed by atoms with van der Waals surface area (Å²) in [7, 11) is 0. The Balaban J connectivity index is 1.36.